The Balaban J connectivity index is 2.04. The van der Waals surface area contributed by atoms with Crippen molar-refractivity contribution in [2.75, 3.05) is 31.2 Å². The Kier molecular flexibility index (Phi) is 4.81. The molecule has 1 atom stereocenters. The van der Waals surface area contributed by atoms with Gasteiger partial charge in [-0.25, -0.2) is 4.98 Å². The second-order valence-electron chi connectivity index (χ2n) is 4.79. The predicted octanol–water partition coefficient (Wildman–Crippen LogP) is 2.08. The summed E-state index contributed by atoms with van der Waals surface area (Å²) in [5, 5.41) is 9.00. The first-order valence-corrected chi connectivity index (χ1v) is 6.78. The molecule has 1 saturated heterocycles. The maximum atomic E-state index is 9.00. The van der Waals surface area contributed by atoms with E-state index in [1.807, 2.05) is 18.3 Å². The maximum absolute atomic E-state index is 9.00. The molecule has 1 aliphatic heterocycles. The van der Waals surface area contributed by atoms with E-state index in [4.69, 9.17) is 9.84 Å². The standard InChI is InChI=1S/C14H22N2O2/c1-2-10-18-13-4-3-7-15-14(13)16-8-5-12(11-16)6-9-17/h3-4,7,12,17H,2,5-6,8-11H2,1H3. The average Bonchev–Trinajstić information content (AvgIpc) is 2.86. The predicted molar refractivity (Wildman–Crippen MR) is 72.0 cm³/mol. The summed E-state index contributed by atoms with van der Waals surface area (Å²) in [7, 11) is 0. The van der Waals surface area contributed by atoms with Crippen LogP contribution in [0.4, 0.5) is 5.82 Å². The van der Waals surface area contributed by atoms with Gasteiger partial charge in [-0.1, -0.05) is 6.92 Å². The molecule has 2 rings (SSSR count). The molecule has 4 nitrogen and oxygen atoms in total. The molecule has 0 aliphatic carbocycles. The zero-order valence-corrected chi connectivity index (χ0v) is 11.0. The number of hydrogen-bond donors (Lipinski definition) is 1. The lowest BCUT2D eigenvalue weighted by molar-refractivity contribution is 0.263. The van der Waals surface area contributed by atoms with Gasteiger partial charge in [-0.15, -0.1) is 0 Å². The van der Waals surface area contributed by atoms with Crippen molar-refractivity contribution >= 4 is 5.82 Å². The van der Waals surface area contributed by atoms with Crippen molar-refractivity contribution in [2.24, 2.45) is 5.92 Å². The van der Waals surface area contributed by atoms with Gasteiger partial charge in [-0.3, -0.25) is 0 Å². The van der Waals surface area contributed by atoms with Gasteiger partial charge in [0.25, 0.3) is 0 Å². The van der Waals surface area contributed by atoms with Crippen molar-refractivity contribution in [2.45, 2.75) is 26.2 Å². The van der Waals surface area contributed by atoms with Crippen LogP contribution in [0.25, 0.3) is 0 Å². The van der Waals surface area contributed by atoms with Crippen LogP contribution in [0.15, 0.2) is 18.3 Å². The van der Waals surface area contributed by atoms with Crippen LogP contribution in [0, 0.1) is 5.92 Å². The first-order valence-electron chi connectivity index (χ1n) is 6.78. The molecule has 0 aromatic carbocycles. The Hall–Kier alpha value is -1.29. The quantitative estimate of drug-likeness (QED) is 0.839. The fourth-order valence-electron chi connectivity index (χ4n) is 2.39. The minimum atomic E-state index is 0.278. The molecule has 1 aliphatic rings. The number of aliphatic hydroxyl groups is 1. The normalized spacial score (nSPS) is 19.2. The summed E-state index contributed by atoms with van der Waals surface area (Å²) >= 11 is 0. The summed E-state index contributed by atoms with van der Waals surface area (Å²) in [6, 6.07) is 3.90. The highest BCUT2D eigenvalue weighted by molar-refractivity contribution is 5.52. The lowest BCUT2D eigenvalue weighted by atomic mass is 10.1. The number of aliphatic hydroxyl groups excluding tert-OH is 1. The van der Waals surface area contributed by atoms with Crippen LogP contribution in [0.5, 0.6) is 5.75 Å². The van der Waals surface area contributed by atoms with Crippen molar-refractivity contribution < 1.29 is 9.84 Å². The molecule has 1 aromatic rings. The van der Waals surface area contributed by atoms with Crippen LogP contribution in [0.1, 0.15) is 26.2 Å². The topological polar surface area (TPSA) is 45.6 Å². The molecule has 0 amide bonds. The van der Waals surface area contributed by atoms with Crippen molar-refractivity contribution in [3.8, 4) is 5.75 Å². The lowest BCUT2D eigenvalue weighted by Crippen LogP contribution is -2.22. The molecule has 1 fully saturated rings. The van der Waals surface area contributed by atoms with Gasteiger partial charge in [-0.2, -0.15) is 0 Å². The summed E-state index contributed by atoms with van der Waals surface area (Å²) in [5.41, 5.74) is 0. The fraction of sp³-hybridized carbons (Fsp3) is 0.643. The van der Waals surface area contributed by atoms with E-state index in [9.17, 15) is 0 Å². The SMILES string of the molecule is CCCOc1cccnc1N1CCC(CCO)C1. The molecule has 0 spiro atoms. The Morgan fingerprint density at radius 3 is 3.22 bits per heavy atom. The summed E-state index contributed by atoms with van der Waals surface area (Å²) in [5.74, 6) is 2.41. The van der Waals surface area contributed by atoms with E-state index in [1.54, 1.807) is 0 Å². The van der Waals surface area contributed by atoms with E-state index in [2.05, 4.69) is 16.8 Å². The Labute approximate surface area is 109 Å². The molecule has 2 heterocycles. The molecule has 1 unspecified atom stereocenters. The Morgan fingerprint density at radius 2 is 2.44 bits per heavy atom. The van der Waals surface area contributed by atoms with E-state index < -0.39 is 0 Å². The molecule has 4 heteroatoms. The number of hydrogen-bond acceptors (Lipinski definition) is 4. The monoisotopic (exact) mass is 250 g/mol. The van der Waals surface area contributed by atoms with Crippen LogP contribution in [0.2, 0.25) is 0 Å². The number of rotatable bonds is 6. The van der Waals surface area contributed by atoms with Gasteiger partial charge >= 0.3 is 0 Å². The van der Waals surface area contributed by atoms with E-state index in [0.717, 1.165) is 50.5 Å². The number of anilines is 1. The lowest BCUT2D eigenvalue weighted by Gasteiger charge is -2.20. The van der Waals surface area contributed by atoms with Gasteiger partial charge in [0.1, 0.15) is 0 Å². The van der Waals surface area contributed by atoms with E-state index in [1.165, 1.54) is 0 Å². The van der Waals surface area contributed by atoms with Crippen LogP contribution in [0.3, 0.4) is 0 Å². The van der Waals surface area contributed by atoms with Crippen LogP contribution in [-0.4, -0.2) is 36.4 Å². The summed E-state index contributed by atoms with van der Waals surface area (Å²) in [4.78, 5) is 6.72. The molecule has 1 aromatic heterocycles. The van der Waals surface area contributed by atoms with Crippen LogP contribution in [-0.2, 0) is 0 Å². The van der Waals surface area contributed by atoms with Crippen molar-refractivity contribution in [1.29, 1.82) is 0 Å². The van der Waals surface area contributed by atoms with Gasteiger partial charge in [-0.05, 0) is 37.3 Å². The first kappa shape index (κ1) is 13.1. The summed E-state index contributed by atoms with van der Waals surface area (Å²) in [6.07, 6.45) is 4.83. The van der Waals surface area contributed by atoms with Crippen LogP contribution >= 0.6 is 0 Å². The smallest absolute Gasteiger partial charge is 0.171 e. The molecule has 18 heavy (non-hydrogen) atoms. The minimum absolute atomic E-state index is 0.278. The third-order valence-electron chi connectivity index (χ3n) is 3.34. The van der Waals surface area contributed by atoms with Gasteiger partial charge in [0, 0.05) is 25.9 Å². The second kappa shape index (κ2) is 6.59. The second-order valence-corrected chi connectivity index (χ2v) is 4.79. The van der Waals surface area contributed by atoms with Crippen molar-refractivity contribution in [3.63, 3.8) is 0 Å². The molecule has 0 radical (unpaired) electrons. The zero-order valence-electron chi connectivity index (χ0n) is 11.0. The average molecular weight is 250 g/mol. The van der Waals surface area contributed by atoms with Gasteiger partial charge < -0.3 is 14.7 Å². The summed E-state index contributed by atoms with van der Waals surface area (Å²) < 4.78 is 5.74. The van der Waals surface area contributed by atoms with Gasteiger partial charge in [0.2, 0.25) is 0 Å². The number of ether oxygens (including phenoxy) is 1. The molecule has 1 N–H and O–H groups in total. The number of aromatic nitrogens is 1. The third-order valence-corrected chi connectivity index (χ3v) is 3.34. The van der Waals surface area contributed by atoms with E-state index >= 15 is 0 Å². The van der Waals surface area contributed by atoms with Crippen LogP contribution < -0.4 is 9.64 Å². The van der Waals surface area contributed by atoms with Crippen molar-refractivity contribution in [3.05, 3.63) is 18.3 Å². The zero-order chi connectivity index (χ0) is 12.8. The maximum Gasteiger partial charge on any atom is 0.171 e. The van der Waals surface area contributed by atoms with Gasteiger partial charge in [0.15, 0.2) is 11.6 Å². The Bertz CT molecular complexity index is 371. The largest absolute Gasteiger partial charge is 0.490 e. The molecular formula is C14H22N2O2. The minimum Gasteiger partial charge on any atom is -0.490 e. The summed E-state index contributed by atoms with van der Waals surface area (Å²) in [6.45, 7) is 5.08. The highest BCUT2D eigenvalue weighted by Gasteiger charge is 2.24. The fourth-order valence-corrected chi connectivity index (χ4v) is 2.39. The van der Waals surface area contributed by atoms with E-state index in [0.29, 0.717) is 5.92 Å². The number of pyridine rings is 1. The molecule has 0 bridgehead atoms. The van der Waals surface area contributed by atoms with Crippen molar-refractivity contribution in [1.82, 2.24) is 4.98 Å². The van der Waals surface area contributed by atoms with Gasteiger partial charge in [0.05, 0.1) is 6.61 Å². The van der Waals surface area contributed by atoms with E-state index in [-0.39, 0.29) is 6.61 Å². The molecule has 0 saturated carbocycles. The number of nitrogens with zero attached hydrogens (tertiary/aromatic N) is 2. The molecule has 100 valence electrons. The highest BCUT2D eigenvalue weighted by Crippen LogP contribution is 2.30. The Morgan fingerprint density at radius 1 is 1.56 bits per heavy atom. The molecular weight excluding hydrogens is 228 g/mol. The first-order chi connectivity index (χ1) is 8.85. The third kappa shape index (κ3) is 3.13. The highest BCUT2D eigenvalue weighted by atomic mass is 16.5.